The van der Waals surface area contributed by atoms with Crippen molar-refractivity contribution in [3.05, 3.63) is 41.5 Å². The zero-order valence-electron chi connectivity index (χ0n) is 15.5. The molecule has 0 bridgehead atoms. The quantitative estimate of drug-likeness (QED) is 0.545. The van der Waals surface area contributed by atoms with E-state index in [2.05, 4.69) is 20.5 Å². The molecule has 0 saturated heterocycles. The van der Waals surface area contributed by atoms with E-state index < -0.39 is 5.25 Å². The molecule has 0 radical (unpaired) electrons. The van der Waals surface area contributed by atoms with Gasteiger partial charge in [-0.15, -0.1) is 21.5 Å². The number of aromatic nitrogens is 4. The molecule has 0 spiro atoms. The van der Waals surface area contributed by atoms with Crippen molar-refractivity contribution in [1.29, 1.82) is 0 Å². The van der Waals surface area contributed by atoms with Gasteiger partial charge < -0.3 is 15.6 Å². The van der Waals surface area contributed by atoms with E-state index in [0.717, 1.165) is 11.3 Å². The van der Waals surface area contributed by atoms with Crippen LogP contribution in [0, 0.1) is 0 Å². The molecule has 2 heterocycles. The molecule has 3 aromatic rings. The van der Waals surface area contributed by atoms with Crippen LogP contribution in [0.25, 0.3) is 11.3 Å². The Kier molecular flexibility index (Phi) is 6.42. The highest BCUT2D eigenvalue weighted by atomic mass is 32.2. The molecule has 146 valence electrons. The van der Waals surface area contributed by atoms with Crippen LogP contribution in [-0.4, -0.2) is 36.8 Å². The predicted molar refractivity (Wildman–Crippen MR) is 110 cm³/mol. The van der Waals surface area contributed by atoms with E-state index in [-0.39, 0.29) is 18.2 Å². The second-order valence-electron chi connectivity index (χ2n) is 6.08. The van der Waals surface area contributed by atoms with Crippen molar-refractivity contribution in [3.63, 3.8) is 0 Å². The van der Waals surface area contributed by atoms with E-state index in [9.17, 15) is 9.59 Å². The first-order valence-electron chi connectivity index (χ1n) is 8.59. The highest BCUT2D eigenvalue weighted by Gasteiger charge is 2.20. The smallest absolute Gasteiger partial charge is 0.239 e. The fourth-order valence-corrected chi connectivity index (χ4v) is 3.95. The lowest BCUT2D eigenvalue weighted by Gasteiger charge is -2.10. The number of hydrogen-bond acceptors (Lipinski definition) is 7. The van der Waals surface area contributed by atoms with Crippen LogP contribution in [0.4, 0.5) is 5.13 Å². The van der Waals surface area contributed by atoms with Crippen molar-refractivity contribution in [2.75, 3.05) is 5.32 Å². The fourth-order valence-electron chi connectivity index (χ4n) is 2.39. The number of hydrogen-bond donors (Lipinski definition) is 2. The molecule has 3 N–H and O–H groups in total. The Morgan fingerprint density at radius 2 is 2.04 bits per heavy atom. The maximum atomic E-state index is 12.5. The Morgan fingerprint density at radius 3 is 2.75 bits per heavy atom. The van der Waals surface area contributed by atoms with Crippen molar-refractivity contribution in [2.45, 2.75) is 30.2 Å². The second kappa shape index (κ2) is 8.98. The average molecular weight is 417 g/mol. The zero-order valence-corrected chi connectivity index (χ0v) is 17.1. The van der Waals surface area contributed by atoms with E-state index in [0.29, 0.717) is 22.5 Å². The summed E-state index contributed by atoms with van der Waals surface area (Å²) in [5, 5.41) is 13.7. The minimum absolute atomic E-state index is 0.166. The van der Waals surface area contributed by atoms with E-state index in [1.165, 1.54) is 23.1 Å². The van der Waals surface area contributed by atoms with Gasteiger partial charge in [0.05, 0.1) is 10.9 Å². The van der Waals surface area contributed by atoms with Crippen molar-refractivity contribution in [1.82, 2.24) is 19.7 Å². The lowest BCUT2D eigenvalue weighted by Crippen LogP contribution is -2.22. The molecular weight excluding hydrogens is 396 g/mol. The molecule has 0 fully saturated rings. The Bertz CT molecular complexity index is 970. The summed E-state index contributed by atoms with van der Waals surface area (Å²) in [6.07, 6.45) is 0.627. The maximum Gasteiger partial charge on any atom is 0.239 e. The minimum Gasteiger partial charge on any atom is -0.370 e. The number of nitrogens with one attached hydrogen (secondary N) is 1. The van der Waals surface area contributed by atoms with Gasteiger partial charge in [-0.3, -0.25) is 9.59 Å². The molecule has 2 amide bonds. The number of aryl methyl sites for hydroxylation is 1. The van der Waals surface area contributed by atoms with Gasteiger partial charge in [0, 0.05) is 30.8 Å². The summed E-state index contributed by atoms with van der Waals surface area (Å²) in [5.74, 6) is 0.102. The van der Waals surface area contributed by atoms with Crippen LogP contribution in [0.2, 0.25) is 0 Å². The molecule has 0 aliphatic heterocycles. The van der Waals surface area contributed by atoms with Crippen LogP contribution in [0.1, 0.15) is 19.2 Å². The Morgan fingerprint density at radius 1 is 1.29 bits per heavy atom. The molecule has 0 unspecified atom stereocenters. The van der Waals surface area contributed by atoms with Crippen LogP contribution in [0.5, 0.6) is 0 Å². The van der Waals surface area contributed by atoms with Crippen LogP contribution < -0.4 is 11.1 Å². The third-order valence-electron chi connectivity index (χ3n) is 3.98. The summed E-state index contributed by atoms with van der Waals surface area (Å²) >= 11 is 2.68. The topological polar surface area (TPSA) is 116 Å². The second-order valence-corrected chi connectivity index (χ2v) is 8.24. The van der Waals surface area contributed by atoms with Gasteiger partial charge in [0.2, 0.25) is 11.8 Å². The number of thioether (sulfide) groups is 1. The van der Waals surface area contributed by atoms with E-state index in [1.54, 1.807) is 18.5 Å². The van der Waals surface area contributed by atoms with Crippen LogP contribution in [-0.2, 0) is 23.1 Å². The number of nitrogens with two attached hydrogens (primary N) is 1. The highest BCUT2D eigenvalue weighted by Crippen LogP contribution is 2.26. The van der Waals surface area contributed by atoms with Crippen LogP contribution >= 0.6 is 23.1 Å². The minimum atomic E-state index is -0.393. The molecule has 0 saturated carbocycles. The van der Waals surface area contributed by atoms with Crippen LogP contribution in [0.3, 0.4) is 0 Å². The molecule has 28 heavy (non-hydrogen) atoms. The summed E-state index contributed by atoms with van der Waals surface area (Å²) in [6, 6.07) is 9.80. The third-order valence-corrected chi connectivity index (χ3v) is 5.87. The molecule has 0 aliphatic carbocycles. The summed E-state index contributed by atoms with van der Waals surface area (Å²) in [6.45, 7) is 1.80. The highest BCUT2D eigenvalue weighted by molar-refractivity contribution is 8.00. The molecule has 1 aromatic carbocycles. The van der Waals surface area contributed by atoms with Gasteiger partial charge in [-0.25, -0.2) is 4.98 Å². The molecule has 8 nitrogen and oxygen atoms in total. The van der Waals surface area contributed by atoms with Crippen molar-refractivity contribution in [2.24, 2.45) is 12.8 Å². The van der Waals surface area contributed by atoms with Gasteiger partial charge in [0.25, 0.3) is 0 Å². The average Bonchev–Trinajstić information content (AvgIpc) is 3.28. The number of benzene rings is 1. The zero-order chi connectivity index (χ0) is 20.1. The lowest BCUT2D eigenvalue weighted by molar-refractivity contribution is -0.118. The number of amides is 2. The SMILES string of the molecule is C[C@H](Sc1nnc(CCC(N)=O)n1C)C(=O)Nc1nc(-c2ccccc2)cs1. The van der Waals surface area contributed by atoms with Crippen molar-refractivity contribution in [3.8, 4) is 11.3 Å². The monoisotopic (exact) mass is 416 g/mol. The van der Waals surface area contributed by atoms with Gasteiger partial charge in [-0.1, -0.05) is 42.1 Å². The molecule has 10 heteroatoms. The largest absolute Gasteiger partial charge is 0.370 e. The van der Waals surface area contributed by atoms with Crippen molar-refractivity contribution < 1.29 is 9.59 Å². The number of carbonyl (C=O) groups is 2. The number of carbonyl (C=O) groups excluding carboxylic acids is 2. The van der Waals surface area contributed by atoms with Gasteiger partial charge in [0.15, 0.2) is 10.3 Å². The number of primary amides is 1. The van der Waals surface area contributed by atoms with Gasteiger partial charge in [-0.05, 0) is 6.92 Å². The first-order valence-corrected chi connectivity index (χ1v) is 10.3. The van der Waals surface area contributed by atoms with Crippen LogP contribution in [0.15, 0.2) is 40.9 Å². The Hall–Kier alpha value is -2.72. The number of nitrogens with zero attached hydrogens (tertiary/aromatic N) is 4. The fraction of sp³-hybridized carbons (Fsp3) is 0.278. The number of thiazole rings is 1. The molecule has 1 atom stereocenters. The molecule has 0 aliphatic rings. The van der Waals surface area contributed by atoms with E-state index in [4.69, 9.17) is 5.73 Å². The Labute approximate surface area is 170 Å². The first-order chi connectivity index (χ1) is 13.4. The molecule has 3 rings (SSSR count). The maximum absolute atomic E-state index is 12.5. The summed E-state index contributed by atoms with van der Waals surface area (Å²) in [7, 11) is 1.80. The normalized spacial score (nSPS) is 11.9. The summed E-state index contributed by atoms with van der Waals surface area (Å²) in [5.41, 5.74) is 7.00. The van der Waals surface area contributed by atoms with E-state index in [1.807, 2.05) is 35.7 Å². The lowest BCUT2D eigenvalue weighted by atomic mass is 10.2. The van der Waals surface area contributed by atoms with Crippen molar-refractivity contribution >= 4 is 40.0 Å². The third kappa shape index (κ3) is 4.96. The van der Waals surface area contributed by atoms with Gasteiger partial charge >= 0.3 is 0 Å². The molecule has 2 aromatic heterocycles. The van der Waals surface area contributed by atoms with Gasteiger partial charge in [0.1, 0.15) is 5.82 Å². The predicted octanol–water partition coefficient (Wildman–Crippen LogP) is 2.48. The number of rotatable bonds is 8. The summed E-state index contributed by atoms with van der Waals surface area (Å²) in [4.78, 5) is 27.9. The van der Waals surface area contributed by atoms with Gasteiger partial charge in [-0.2, -0.15) is 0 Å². The summed E-state index contributed by atoms with van der Waals surface area (Å²) < 4.78 is 1.77. The number of anilines is 1. The van der Waals surface area contributed by atoms with E-state index >= 15 is 0 Å². The first kappa shape index (κ1) is 20.0. The Balaban J connectivity index is 1.60. The molecular formula is C18H20N6O2S2. The standard InChI is InChI=1S/C18H20N6O2S2/c1-11(28-18-23-22-15(24(18)2)9-8-14(19)25)16(26)21-17-20-13(10-27-17)12-6-4-3-5-7-12/h3-7,10-11H,8-9H2,1-2H3,(H2,19,25)(H,20,21,26)/t11-/m0/s1.